The summed E-state index contributed by atoms with van der Waals surface area (Å²) in [6.07, 6.45) is 18.4. The summed E-state index contributed by atoms with van der Waals surface area (Å²) in [7, 11) is 0. The third-order valence-electron chi connectivity index (χ3n) is 4.94. The molecule has 2 aliphatic rings. The van der Waals surface area contributed by atoms with Crippen LogP contribution in [0.2, 0.25) is 0 Å². The van der Waals surface area contributed by atoms with E-state index in [-0.39, 0.29) is 5.97 Å². The van der Waals surface area contributed by atoms with Crippen molar-refractivity contribution in [2.24, 2.45) is 17.8 Å². The van der Waals surface area contributed by atoms with Gasteiger partial charge in [-0.2, -0.15) is 0 Å². The predicted molar refractivity (Wildman–Crippen MR) is 82.4 cm³/mol. The predicted octanol–water partition coefficient (Wildman–Crippen LogP) is 4.88. The molecular weight excluding hydrogens is 248 g/mol. The fourth-order valence-corrected chi connectivity index (χ4v) is 3.83. The maximum absolute atomic E-state index is 10.6. The molecule has 0 N–H and O–H groups in total. The van der Waals surface area contributed by atoms with Gasteiger partial charge in [0.15, 0.2) is 0 Å². The Balaban J connectivity index is 1.34. The molecule has 0 amide bonds. The van der Waals surface area contributed by atoms with Crippen LogP contribution in [0.3, 0.4) is 0 Å². The maximum Gasteiger partial charge on any atom is 0.302 e. The van der Waals surface area contributed by atoms with E-state index in [9.17, 15) is 4.79 Å². The number of carbonyl (C=O) groups is 1. The standard InChI is InChI=1S/C18H30O2/c1-15(19)20-12-8-6-4-2-3-5-7-9-17-13-16-10-11-18(17)14-16/h10-11,16-18H,2-9,12-14H2,1H3. The lowest BCUT2D eigenvalue weighted by Gasteiger charge is -2.17. The number of unbranched alkanes of at least 4 members (excludes halogenated alkanes) is 6. The van der Waals surface area contributed by atoms with Gasteiger partial charge in [0.25, 0.3) is 0 Å². The Hall–Kier alpha value is -0.790. The van der Waals surface area contributed by atoms with Crippen molar-refractivity contribution in [3.8, 4) is 0 Å². The summed E-state index contributed by atoms with van der Waals surface area (Å²) >= 11 is 0. The van der Waals surface area contributed by atoms with Crippen LogP contribution < -0.4 is 0 Å². The normalized spacial score (nSPS) is 27.1. The molecule has 2 aliphatic carbocycles. The Bertz CT molecular complexity index is 321. The van der Waals surface area contributed by atoms with Gasteiger partial charge < -0.3 is 4.74 Å². The van der Waals surface area contributed by atoms with E-state index in [1.165, 1.54) is 64.7 Å². The summed E-state index contributed by atoms with van der Waals surface area (Å²) in [4.78, 5) is 10.6. The molecule has 0 aromatic rings. The Morgan fingerprint density at radius 3 is 2.30 bits per heavy atom. The lowest BCUT2D eigenvalue weighted by molar-refractivity contribution is -0.141. The Labute approximate surface area is 124 Å². The van der Waals surface area contributed by atoms with E-state index in [0.29, 0.717) is 6.61 Å². The average Bonchev–Trinajstić information content (AvgIpc) is 3.03. The molecule has 2 rings (SSSR count). The quantitative estimate of drug-likeness (QED) is 0.323. The molecule has 114 valence electrons. The van der Waals surface area contributed by atoms with Crippen LogP contribution in [0.1, 0.15) is 71.1 Å². The summed E-state index contributed by atoms with van der Waals surface area (Å²) < 4.78 is 4.92. The van der Waals surface area contributed by atoms with Gasteiger partial charge in [-0.15, -0.1) is 0 Å². The zero-order valence-electron chi connectivity index (χ0n) is 13.0. The molecule has 0 aliphatic heterocycles. The van der Waals surface area contributed by atoms with Crippen LogP contribution in [0.25, 0.3) is 0 Å². The van der Waals surface area contributed by atoms with Gasteiger partial charge in [0.1, 0.15) is 0 Å². The molecular formula is C18H30O2. The highest BCUT2D eigenvalue weighted by Gasteiger charge is 2.34. The molecule has 1 fully saturated rings. The number of carbonyl (C=O) groups excluding carboxylic acids is 1. The first-order chi connectivity index (χ1) is 9.75. The summed E-state index contributed by atoms with van der Waals surface area (Å²) in [5.41, 5.74) is 0. The molecule has 0 saturated heterocycles. The molecule has 20 heavy (non-hydrogen) atoms. The summed E-state index contributed by atoms with van der Waals surface area (Å²) in [6, 6.07) is 0. The lowest BCUT2D eigenvalue weighted by Crippen LogP contribution is -2.06. The molecule has 0 spiro atoms. The smallest absolute Gasteiger partial charge is 0.302 e. The second-order valence-electron chi connectivity index (χ2n) is 6.64. The lowest BCUT2D eigenvalue weighted by atomic mass is 9.88. The SMILES string of the molecule is CC(=O)OCCCCCCCCCC1CC2C=CC1C2. The van der Waals surface area contributed by atoms with Crippen molar-refractivity contribution in [3.05, 3.63) is 12.2 Å². The van der Waals surface area contributed by atoms with Crippen LogP contribution >= 0.6 is 0 Å². The van der Waals surface area contributed by atoms with Gasteiger partial charge in [-0.1, -0.05) is 50.7 Å². The van der Waals surface area contributed by atoms with Gasteiger partial charge in [-0.25, -0.2) is 0 Å². The van der Waals surface area contributed by atoms with E-state index in [0.717, 1.165) is 24.2 Å². The zero-order chi connectivity index (χ0) is 14.2. The topological polar surface area (TPSA) is 26.3 Å². The van der Waals surface area contributed by atoms with E-state index in [4.69, 9.17) is 4.74 Å². The first kappa shape index (κ1) is 15.6. The first-order valence-corrected chi connectivity index (χ1v) is 8.57. The molecule has 2 nitrogen and oxygen atoms in total. The fraction of sp³-hybridized carbons (Fsp3) is 0.833. The van der Waals surface area contributed by atoms with Gasteiger partial charge in [0.05, 0.1) is 6.61 Å². The van der Waals surface area contributed by atoms with Crippen LogP contribution in [-0.2, 0) is 9.53 Å². The van der Waals surface area contributed by atoms with E-state index in [1.54, 1.807) is 0 Å². The number of hydrogen-bond donors (Lipinski definition) is 0. The van der Waals surface area contributed by atoms with Crippen molar-refractivity contribution in [3.63, 3.8) is 0 Å². The number of esters is 1. The third kappa shape index (κ3) is 5.30. The molecule has 0 aromatic heterocycles. The van der Waals surface area contributed by atoms with Gasteiger partial charge in [-0.05, 0) is 43.4 Å². The van der Waals surface area contributed by atoms with Crippen LogP contribution in [0, 0.1) is 17.8 Å². The Morgan fingerprint density at radius 1 is 1.00 bits per heavy atom. The van der Waals surface area contributed by atoms with Crippen LogP contribution in [0.4, 0.5) is 0 Å². The highest BCUT2D eigenvalue weighted by molar-refractivity contribution is 5.65. The molecule has 1 saturated carbocycles. The number of allylic oxidation sites excluding steroid dienone is 2. The monoisotopic (exact) mass is 278 g/mol. The van der Waals surface area contributed by atoms with Crippen LogP contribution in [-0.4, -0.2) is 12.6 Å². The first-order valence-electron chi connectivity index (χ1n) is 8.57. The number of rotatable bonds is 10. The highest BCUT2D eigenvalue weighted by Crippen LogP contribution is 2.45. The third-order valence-corrected chi connectivity index (χ3v) is 4.94. The van der Waals surface area contributed by atoms with Gasteiger partial charge >= 0.3 is 5.97 Å². The van der Waals surface area contributed by atoms with Gasteiger partial charge in [0.2, 0.25) is 0 Å². The Morgan fingerprint density at radius 2 is 1.70 bits per heavy atom. The molecule has 2 bridgehead atoms. The molecule has 0 heterocycles. The minimum absolute atomic E-state index is 0.152. The van der Waals surface area contributed by atoms with Crippen molar-refractivity contribution in [1.29, 1.82) is 0 Å². The van der Waals surface area contributed by atoms with Crippen molar-refractivity contribution in [1.82, 2.24) is 0 Å². The minimum atomic E-state index is -0.152. The Kier molecular flexibility index (Phi) is 6.62. The highest BCUT2D eigenvalue weighted by atomic mass is 16.5. The summed E-state index contributed by atoms with van der Waals surface area (Å²) in [6.45, 7) is 2.08. The van der Waals surface area contributed by atoms with Crippen molar-refractivity contribution in [2.75, 3.05) is 6.61 Å². The number of hydrogen-bond acceptors (Lipinski definition) is 2. The molecule has 0 aromatic carbocycles. The van der Waals surface area contributed by atoms with Crippen LogP contribution in [0.5, 0.6) is 0 Å². The van der Waals surface area contributed by atoms with E-state index >= 15 is 0 Å². The van der Waals surface area contributed by atoms with Crippen molar-refractivity contribution in [2.45, 2.75) is 71.1 Å². The van der Waals surface area contributed by atoms with E-state index in [1.807, 2.05) is 0 Å². The van der Waals surface area contributed by atoms with Gasteiger partial charge in [-0.3, -0.25) is 4.79 Å². The molecule has 3 unspecified atom stereocenters. The van der Waals surface area contributed by atoms with Gasteiger partial charge in [0, 0.05) is 6.92 Å². The van der Waals surface area contributed by atoms with E-state index in [2.05, 4.69) is 12.2 Å². The van der Waals surface area contributed by atoms with Crippen LogP contribution in [0.15, 0.2) is 12.2 Å². The molecule has 3 atom stereocenters. The van der Waals surface area contributed by atoms with E-state index < -0.39 is 0 Å². The zero-order valence-corrected chi connectivity index (χ0v) is 13.0. The second-order valence-corrected chi connectivity index (χ2v) is 6.64. The maximum atomic E-state index is 10.6. The largest absolute Gasteiger partial charge is 0.466 e. The summed E-state index contributed by atoms with van der Waals surface area (Å²) in [5, 5.41) is 0. The number of ether oxygens (including phenoxy) is 1. The minimum Gasteiger partial charge on any atom is -0.466 e. The molecule has 0 radical (unpaired) electrons. The average molecular weight is 278 g/mol. The number of fused-ring (bicyclic) bond motifs is 2. The van der Waals surface area contributed by atoms with Crippen molar-refractivity contribution < 1.29 is 9.53 Å². The molecule has 2 heteroatoms. The van der Waals surface area contributed by atoms with Crippen molar-refractivity contribution >= 4 is 5.97 Å². The fourth-order valence-electron chi connectivity index (χ4n) is 3.83. The summed E-state index contributed by atoms with van der Waals surface area (Å²) in [5.74, 6) is 2.72. The second kappa shape index (κ2) is 8.49.